The molecule has 0 aliphatic rings. The molecule has 0 spiro atoms. The number of carbonyl (C=O) groups is 1. The van der Waals surface area contributed by atoms with Crippen molar-refractivity contribution in [2.24, 2.45) is 0 Å². The second-order valence-corrected chi connectivity index (χ2v) is 3.11. The average Bonchev–Trinajstić information content (AvgIpc) is 2.09. The van der Waals surface area contributed by atoms with Crippen LogP contribution in [-0.2, 0) is 11.2 Å². The number of Topliss-reactive ketones (excluding diaryl/α,β-unsaturated/α-hetero) is 1. The lowest BCUT2D eigenvalue weighted by atomic mass is 10.1. The molecule has 1 nitrogen and oxygen atoms in total. The molecule has 0 aliphatic carbocycles. The van der Waals surface area contributed by atoms with Gasteiger partial charge in [0, 0.05) is 11.4 Å². The molecule has 0 bridgehead atoms. The van der Waals surface area contributed by atoms with Gasteiger partial charge in [-0.25, -0.2) is 0 Å². The zero-order valence-electron chi connectivity index (χ0n) is 6.39. The highest BCUT2D eigenvalue weighted by Crippen LogP contribution is 2.15. The Balaban J connectivity index is 2.75. The van der Waals surface area contributed by atoms with Crippen molar-refractivity contribution in [3.8, 4) is 0 Å². The fourth-order valence-electron chi connectivity index (χ4n) is 0.901. The van der Waals surface area contributed by atoms with Crippen LogP contribution < -0.4 is 0 Å². The van der Waals surface area contributed by atoms with Crippen LogP contribution in [0.15, 0.2) is 24.3 Å². The summed E-state index contributed by atoms with van der Waals surface area (Å²) >= 11 is 11.2. The summed E-state index contributed by atoms with van der Waals surface area (Å²) in [6, 6.07) is 7.27. The van der Waals surface area contributed by atoms with Crippen LogP contribution in [0.3, 0.4) is 0 Å². The van der Waals surface area contributed by atoms with Crippen molar-refractivity contribution < 1.29 is 4.79 Å². The molecule has 0 N–H and O–H groups in total. The Morgan fingerprint density at radius 3 is 2.58 bits per heavy atom. The molecule has 0 saturated carbocycles. The lowest BCUT2D eigenvalue weighted by molar-refractivity contribution is -0.116. The van der Waals surface area contributed by atoms with Gasteiger partial charge in [0.2, 0.25) is 0 Å². The minimum Gasteiger partial charge on any atom is -0.298 e. The number of hydrogen-bond acceptors (Lipinski definition) is 1. The molecule has 0 atom stereocenters. The van der Waals surface area contributed by atoms with E-state index in [1.807, 2.05) is 18.2 Å². The predicted octanol–water partition coefficient (Wildman–Crippen LogP) is 2.69. The number of carbonyl (C=O) groups excluding carboxylic acids is 1. The highest BCUT2D eigenvalue weighted by atomic mass is 35.5. The molecule has 64 valence electrons. The summed E-state index contributed by atoms with van der Waals surface area (Å²) in [6.45, 7) is 0. The van der Waals surface area contributed by atoms with Gasteiger partial charge in [0.25, 0.3) is 0 Å². The molecule has 0 heterocycles. The molecule has 0 amide bonds. The first-order valence-electron chi connectivity index (χ1n) is 3.55. The maximum atomic E-state index is 10.9. The van der Waals surface area contributed by atoms with Crippen LogP contribution >= 0.6 is 23.2 Å². The van der Waals surface area contributed by atoms with Crippen LogP contribution in [0.2, 0.25) is 5.02 Å². The standard InChI is InChI=1S/C9H8Cl2O/c10-6-8(12)5-7-3-1-2-4-9(7)11/h1-4H,5-6H2. The van der Waals surface area contributed by atoms with E-state index in [1.165, 1.54) is 0 Å². The smallest absolute Gasteiger partial charge is 0.152 e. The van der Waals surface area contributed by atoms with Crippen molar-refractivity contribution in [1.82, 2.24) is 0 Å². The molecule has 0 saturated heterocycles. The molecule has 1 aromatic carbocycles. The summed E-state index contributed by atoms with van der Waals surface area (Å²) in [5.41, 5.74) is 0.838. The van der Waals surface area contributed by atoms with Gasteiger partial charge in [-0.15, -0.1) is 11.6 Å². The molecule has 0 aromatic heterocycles. The van der Waals surface area contributed by atoms with Crippen LogP contribution in [0.4, 0.5) is 0 Å². The van der Waals surface area contributed by atoms with E-state index in [9.17, 15) is 4.79 Å². The fraction of sp³-hybridized carbons (Fsp3) is 0.222. The summed E-state index contributed by atoms with van der Waals surface area (Å²) in [7, 11) is 0. The highest BCUT2D eigenvalue weighted by molar-refractivity contribution is 6.32. The molecular weight excluding hydrogens is 195 g/mol. The number of rotatable bonds is 3. The van der Waals surface area contributed by atoms with Crippen molar-refractivity contribution in [2.45, 2.75) is 6.42 Å². The van der Waals surface area contributed by atoms with E-state index in [1.54, 1.807) is 6.07 Å². The van der Waals surface area contributed by atoms with E-state index in [0.717, 1.165) is 5.56 Å². The van der Waals surface area contributed by atoms with Crippen molar-refractivity contribution in [2.75, 3.05) is 5.88 Å². The Kier molecular flexibility index (Phi) is 3.57. The highest BCUT2D eigenvalue weighted by Gasteiger charge is 2.04. The Morgan fingerprint density at radius 2 is 2.00 bits per heavy atom. The average molecular weight is 203 g/mol. The molecule has 0 fully saturated rings. The first-order valence-corrected chi connectivity index (χ1v) is 4.46. The summed E-state index contributed by atoms with van der Waals surface area (Å²) in [4.78, 5) is 10.9. The second kappa shape index (κ2) is 4.48. The van der Waals surface area contributed by atoms with Gasteiger partial charge in [-0.2, -0.15) is 0 Å². The molecular formula is C9H8Cl2O. The van der Waals surface area contributed by atoms with Gasteiger partial charge >= 0.3 is 0 Å². The second-order valence-electron chi connectivity index (χ2n) is 2.44. The van der Waals surface area contributed by atoms with Gasteiger partial charge in [0.05, 0.1) is 5.88 Å². The molecule has 1 aromatic rings. The largest absolute Gasteiger partial charge is 0.298 e. The molecule has 1 rings (SSSR count). The van der Waals surface area contributed by atoms with Crippen LogP contribution in [0.25, 0.3) is 0 Å². The van der Waals surface area contributed by atoms with Crippen LogP contribution in [0, 0.1) is 0 Å². The van der Waals surface area contributed by atoms with Gasteiger partial charge in [-0.3, -0.25) is 4.79 Å². The topological polar surface area (TPSA) is 17.1 Å². The van der Waals surface area contributed by atoms with Gasteiger partial charge in [-0.1, -0.05) is 29.8 Å². The van der Waals surface area contributed by atoms with Gasteiger partial charge in [0.15, 0.2) is 5.78 Å². The molecule has 0 aliphatic heterocycles. The van der Waals surface area contributed by atoms with E-state index in [-0.39, 0.29) is 11.7 Å². The summed E-state index contributed by atoms with van der Waals surface area (Å²) in [6.07, 6.45) is 0.323. The summed E-state index contributed by atoms with van der Waals surface area (Å²) in [5, 5.41) is 0.621. The van der Waals surface area contributed by atoms with Crippen LogP contribution in [-0.4, -0.2) is 11.7 Å². The third-order valence-electron chi connectivity index (χ3n) is 1.49. The normalized spacial score (nSPS) is 9.83. The van der Waals surface area contributed by atoms with Crippen LogP contribution in [0.5, 0.6) is 0 Å². The minimum atomic E-state index is -0.00948. The van der Waals surface area contributed by atoms with E-state index in [4.69, 9.17) is 23.2 Å². The van der Waals surface area contributed by atoms with Crippen molar-refractivity contribution >= 4 is 29.0 Å². The van der Waals surface area contributed by atoms with E-state index in [2.05, 4.69) is 0 Å². The monoisotopic (exact) mass is 202 g/mol. The maximum Gasteiger partial charge on any atom is 0.152 e. The fourth-order valence-corrected chi connectivity index (χ4v) is 1.20. The Labute approximate surface area is 81.3 Å². The number of benzene rings is 1. The lowest BCUT2D eigenvalue weighted by Crippen LogP contribution is -2.03. The predicted molar refractivity (Wildman–Crippen MR) is 50.9 cm³/mol. The van der Waals surface area contributed by atoms with Gasteiger partial charge < -0.3 is 0 Å². The zero-order valence-corrected chi connectivity index (χ0v) is 7.90. The molecule has 3 heteroatoms. The Bertz CT molecular complexity index is 284. The van der Waals surface area contributed by atoms with E-state index in [0.29, 0.717) is 11.4 Å². The summed E-state index contributed by atoms with van der Waals surface area (Å²) < 4.78 is 0. The first kappa shape index (κ1) is 9.56. The number of alkyl halides is 1. The Hall–Kier alpha value is -0.530. The van der Waals surface area contributed by atoms with E-state index < -0.39 is 0 Å². The number of ketones is 1. The van der Waals surface area contributed by atoms with Crippen LogP contribution in [0.1, 0.15) is 5.56 Å². The maximum absolute atomic E-state index is 10.9. The molecule has 12 heavy (non-hydrogen) atoms. The molecule has 0 unspecified atom stereocenters. The van der Waals surface area contributed by atoms with Crippen molar-refractivity contribution in [1.29, 1.82) is 0 Å². The quantitative estimate of drug-likeness (QED) is 0.690. The van der Waals surface area contributed by atoms with Gasteiger partial charge in [0.1, 0.15) is 0 Å². The third-order valence-corrected chi connectivity index (χ3v) is 2.16. The van der Waals surface area contributed by atoms with Crippen molar-refractivity contribution in [3.05, 3.63) is 34.9 Å². The lowest BCUT2D eigenvalue weighted by Gasteiger charge is -2.00. The third kappa shape index (κ3) is 2.50. The zero-order chi connectivity index (χ0) is 8.97. The van der Waals surface area contributed by atoms with Gasteiger partial charge in [-0.05, 0) is 11.6 Å². The first-order chi connectivity index (χ1) is 5.74. The minimum absolute atomic E-state index is 0.00948. The number of hydrogen-bond donors (Lipinski definition) is 0. The summed E-state index contributed by atoms with van der Waals surface area (Å²) in [5.74, 6) is 0.0374. The SMILES string of the molecule is O=C(CCl)Cc1ccccc1Cl. The Morgan fingerprint density at radius 1 is 1.33 bits per heavy atom. The number of halogens is 2. The van der Waals surface area contributed by atoms with Crippen molar-refractivity contribution in [3.63, 3.8) is 0 Å². The van der Waals surface area contributed by atoms with E-state index >= 15 is 0 Å². The molecule has 0 radical (unpaired) electrons.